The van der Waals surface area contributed by atoms with E-state index in [0.717, 1.165) is 12.5 Å². The van der Waals surface area contributed by atoms with Crippen molar-refractivity contribution in [3.05, 3.63) is 65.5 Å². The maximum absolute atomic E-state index is 11.9. The summed E-state index contributed by atoms with van der Waals surface area (Å²) in [6.45, 7) is 3.01. The van der Waals surface area contributed by atoms with Crippen molar-refractivity contribution in [2.24, 2.45) is 0 Å². The average Bonchev–Trinajstić information content (AvgIpc) is 2.60. The Morgan fingerprint density at radius 2 is 1.64 bits per heavy atom. The van der Waals surface area contributed by atoms with E-state index in [1.54, 1.807) is 31.2 Å². The number of benzene rings is 2. The minimum atomic E-state index is -1.79. The van der Waals surface area contributed by atoms with Crippen LogP contribution in [-0.2, 0) is 19.9 Å². The topological polar surface area (TPSA) is 124 Å². The second-order valence-electron chi connectivity index (χ2n) is 5.81. The molecule has 2 aromatic rings. The number of esters is 1. The highest BCUT2D eigenvalue weighted by atomic mass is 19.1. The summed E-state index contributed by atoms with van der Waals surface area (Å²) in [4.78, 5) is 19.7. The van der Waals surface area contributed by atoms with Gasteiger partial charge >= 0.3 is 5.97 Å². The van der Waals surface area contributed by atoms with Gasteiger partial charge in [0.15, 0.2) is 0 Å². The van der Waals surface area contributed by atoms with E-state index < -0.39 is 30.8 Å². The van der Waals surface area contributed by atoms with Crippen LogP contribution < -0.4 is 0 Å². The summed E-state index contributed by atoms with van der Waals surface area (Å²) in [5, 5.41) is 36.4. The molecule has 1 unspecified atom stereocenters. The van der Waals surface area contributed by atoms with Gasteiger partial charge < -0.3 is 25.2 Å². The van der Waals surface area contributed by atoms with Crippen molar-refractivity contribution >= 4 is 11.9 Å². The van der Waals surface area contributed by atoms with Gasteiger partial charge in [0.25, 0.3) is 5.97 Å². The lowest BCUT2D eigenvalue weighted by atomic mass is 9.93. The molecular weight excluding hydrogens is 371 g/mol. The van der Waals surface area contributed by atoms with E-state index in [1.165, 1.54) is 31.2 Å². The molecule has 0 saturated carbocycles. The first-order valence-electron chi connectivity index (χ1n) is 8.18. The number of aliphatic hydroxyl groups excluding tert-OH is 1. The van der Waals surface area contributed by atoms with Crippen LogP contribution >= 0.6 is 0 Å². The van der Waals surface area contributed by atoms with Gasteiger partial charge in [0.1, 0.15) is 23.8 Å². The molecule has 0 fully saturated rings. The quantitative estimate of drug-likeness (QED) is 0.585. The Bertz CT molecular complexity index is 745. The van der Waals surface area contributed by atoms with Crippen LogP contribution in [0.25, 0.3) is 0 Å². The molecule has 1 atom stereocenters. The van der Waals surface area contributed by atoms with Gasteiger partial charge in [-0.05, 0) is 30.7 Å². The maximum atomic E-state index is 11.9. The van der Waals surface area contributed by atoms with Crippen LogP contribution in [0.15, 0.2) is 48.5 Å². The number of aryl methyl sites for hydroxylation is 1. The first kappa shape index (κ1) is 25.0. The lowest BCUT2D eigenvalue weighted by Crippen LogP contribution is -2.36. The first-order chi connectivity index (χ1) is 13.0. The SMILES string of the molecule is CC(=O)O.CC(=O)OCC(O)(CO)c1ccc(C)cc1O.Fc1ccccc1. The Balaban J connectivity index is 0.000000541. The van der Waals surface area contributed by atoms with E-state index in [-0.39, 0.29) is 17.1 Å². The van der Waals surface area contributed by atoms with Gasteiger partial charge in [-0.25, -0.2) is 4.39 Å². The van der Waals surface area contributed by atoms with Crippen LogP contribution in [0.4, 0.5) is 4.39 Å². The molecule has 0 amide bonds. The molecule has 0 bridgehead atoms. The summed E-state index contributed by atoms with van der Waals surface area (Å²) < 4.78 is 16.6. The smallest absolute Gasteiger partial charge is 0.302 e. The van der Waals surface area contributed by atoms with Gasteiger partial charge in [0, 0.05) is 19.4 Å². The molecule has 0 aromatic heterocycles. The number of phenolic OH excluding ortho intramolecular Hbond substituents is 1. The van der Waals surface area contributed by atoms with E-state index >= 15 is 0 Å². The van der Waals surface area contributed by atoms with E-state index in [0.29, 0.717) is 0 Å². The molecule has 8 heteroatoms. The number of phenols is 1. The Morgan fingerprint density at radius 1 is 1.11 bits per heavy atom. The van der Waals surface area contributed by atoms with Gasteiger partial charge in [0.2, 0.25) is 0 Å². The Hall–Kier alpha value is -2.97. The molecule has 0 aliphatic carbocycles. The number of carbonyl (C=O) groups is 2. The molecule has 0 spiro atoms. The van der Waals surface area contributed by atoms with Crippen molar-refractivity contribution in [2.45, 2.75) is 26.4 Å². The molecule has 154 valence electrons. The standard InChI is InChI=1S/C12H16O5.C6H5F.C2H4O2/c1-8-3-4-10(11(15)5-8)12(16,6-13)7-17-9(2)14;7-6-4-2-1-3-5-6;1-2(3)4/h3-5,13,15-16H,6-7H2,1-2H3;1-5H;1H3,(H,3,4). The number of carboxylic acids is 1. The Kier molecular flexibility index (Phi) is 11.1. The monoisotopic (exact) mass is 396 g/mol. The van der Waals surface area contributed by atoms with Crippen LogP contribution in [0.2, 0.25) is 0 Å². The van der Waals surface area contributed by atoms with Gasteiger partial charge in [0.05, 0.1) is 6.61 Å². The van der Waals surface area contributed by atoms with Crippen LogP contribution in [-0.4, -0.2) is 45.6 Å². The van der Waals surface area contributed by atoms with Crippen LogP contribution in [0, 0.1) is 12.7 Å². The number of hydrogen-bond acceptors (Lipinski definition) is 6. The minimum absolute atomic E-state index is 0.131. The number of halogens is 1. The van der Waals surface area contributed by atoms with Gasteiger partial charge in [-0.1, -0.05) is 30.3 Å². The first-order valence-corrected chi connectivity index (χ1v) is 8.18. The lowest BCUT2D eigenvalue weighted by Gasteiger charge is -2.26. The zero-order valence-corrected chi connectivity index (χ0v) is 15.9. The fourth-order valence-electron chi connectivity index (χ4n) is 1.88. The fourth-order valence-corrected chi connectivity index (χ4v) is 1.88. The van der Waals surface area contributed by atoms with E-state index in [9.17, 15) is 24.5 Å². The average molecular weight is 396 g/mol. The number of carbonyl (C=O) groups excluding carboxylic acids is 1. The second-order valence-corrected chi connectivity index (χ2v) is 5.81. The summed E-state index contributed by atoms with van der Waals surface area (Å²) in [5.74, 6) is -1.72. The zero-order chi connectivity index (χ0) is 21.7. The number of aliphatic carboxylic acids is 1. The predicted molar refractivity (Wildman–Crippen MR) is 100 cm³/mol. The van der Waals surface area contributed by atoms with Gasteiger partial charge in [-0.3, -0.25) is 9.59 Å². The molecule has 0 aliphatic heterocycles. The highest BCUT2D eigenvalue weighted by molar-refractivity contribution is 5.66. The number of hydrogen-bond donors (Lipinski definition) is 4. The second kappa shape index (κ2) is 12.4. The number of ether oxygens (including phenoxy) is 1. The van der Waals surface area contributed by atoms with E-state index in [2.05, 4.69) is 4.74 Å². The summed E-state index contributed by atoms with van der Waals surface area (Å²) in [6.07, 6.45) is 0. The molecular formula is C20H25FO7. The maximum Gasteiger partial charge on any atom is 0.302 e. The van der Waals surface area contributed by atoms with E-state index in [4.69, 9.17) is 9.90 Å². The molecule has 0 heterocycles. The summed E-state index contributed by atoms with van der Waals surface area (Å²) in [7, 11) is 0. The lowest BCUT2D eigenvalue weighted by molar-refractivity contribution is -0.152. The molecule has 7 nitrogen and oxygen atoms in total. The molecule has 28 heavy (non-hydrogen) atoms. The van der Waals surface area contributed by atoms with Crippen molar-refractivity contribution < 1.29 is 39.1 Å². The number of rotatable bonds is 4. The van der Waals surface area contributed by atoms with Crippen molar-refractivity contribution in [1.29, 1.82) is 0 Å². The van der Waals surface area contributed by atoms with Gasteiger partial charge in [-0.2, -0.15) is 0 Å². The zero-order valence-electron chi connectivity index (χ0n) is 15.9. The van der Waals surface area contributed by atoms with E-state index in [1.807, 2.05) is 0 Å². The highest BCUT2D eigenvalue weighted by Crippen LogP contribution is 2.30. The molecule has 2 rings (SSSR count). The Morgan fingerprint density at radius 3 is 2.00 bits per heavy atom. The van der Waals surface area contributed by atoms with Crippen LogP contribution in [0.5, 0.6) is 5.75 Å². The van der Waals surface area contributed by atoms with Gasteiger partial charge in [-0.15, -0.1) is 0 Å². The van der Waals surface area contributed by atoms with Crippen LogP contribution in [0.3, 0.4) is 0 Å². The van der Waals surface area contributed by atoms with Crippen molar-refractivity contribution in [1.82, 2.24) is 0 Å². The van der Waals surface area contributed by atoms with Crippen molar-refractivity contribution in [3.63, 3.8) is 0 Å². The number of aliphatic hydroxyl groups is 2. The van der Waals surface area contributed by atoms with Crippen molar-refractivity contribution in [3.8, 4) is 5.75 Å². The fraction of sp³-hybridized carbons (Fsp3) is 0.300. The summed E-state index contributed by atoms with van der Waals surface area (Å²) >= 11 is 0. The highest BCUT2D eigenvalue weighted by Gasteiger charge is 2.32. The van der Waals surface area contributed by atoms with Crippen molar-refractivity contribution in [2.75, 3.05) is 13.2 Å². The summed E-state index contributed by atoms with van der Waals surface area (Å²) in [5.41, 5.74) is -0.838. The minimum Gasteiger partial charge on any atom is -0.508 e. The molecule has 2 aromatic carbocycles. The molecule has 4 N–H and O–H groups in total. The largest absolute Gasteiger partial charge is 0.508 e. The predicted octanol–water partition coefficient (Wildman–Crippen LogP) is 2.36. The number of carboxylic acid groups (broad SMARTS) is 1. The summed E-state index contributed by atoms with van der Waals surface area (Å²) in [6, 6.07) is 12.6. The molecule has 0 radical (unpaired) electrons. The normalized spacial score (nSPS) is 11.6. The third-order valence-electron chi connectivity index (χ3n) is 3.16. The van der Waals surface area contributed by atoms with Crippen LogP contribution in [0.1, 0.15) is 25.0 Å². The third-order valence-corrected chi connectivity index (χ3v) is 3.16. The molecule has 0 aliphatic rings. The molecule has 0 saturated heterocycles. The third kappa shape index (κ3) is 10.2. The Labute approximate surface area is 162 Å². The number of aromatic hydroxyl groups is 1.